The Balaban J connectivity index is 1.45. The van der Waals surface area contributed by atoms with Crippen LogP contribution in [-0.2, 0) is 4.74 Å². The number of nitrogens with zero attached hydrogens (tertiary/aromatic N) is 1. The van der Waals surface area contributed by atoms with Crippen LogP contribution in [0.2, 0.25) is 0 Å². The number of ether oxygens (including phenoxy) is 1. The van der Waals surface area contributed by atoms with E-state index in [2.05, 4.69) is 4.98 Å². The number of thiazole rings is 1. The molecule has 26 heavy (non-hydrogen) atoms. The molecule has 0 saturated heterocycles. The molecule has 0 bridgehead atoms. The van der Waals surface area contributed by atoms with Gasteiger partial charge >= 0.3 is 5.97 Å². The molecule has 4 aromatic rings. The second-order valence-corrected chi connectivity index (χ2v) is 7.63. The van der Waals surface area contributed by atoms with Crippen molar-refractivity contribution in [3.63, 3.8) is 0 Å². The average Bonchev–Trinajstić information content (AvgIpc) is 3.33. The number of hydrogen-bond acceptors (Lipinski definition) is 6. The SMILES string of the molecule is O=C(COC(=O)c1ccc(-c2nc3ccccc3s2)s1)c1ccccc1. The fourth-order valence-electron chi connectivity index (χ4n) is 2.45. The van der Waals surface area contributed by atoms with E-state index in [1.54, 1.807) is 41.7 Å². The molecular formula is C20H13NO3S2. The van der Waals surface area contributed by atoms with Gasteiger partial charge in [-0.25, -0.2) is 9.78 Å². The van der Waals surface area contributed by atoms with Crippen molar-refractivity contribution in [2.75, 3.05) is 6.61 Å². The maximum Gasteiger partial charge on any atom is 0.348 e. The van der Waals surface area contributed by atoms with E-state index in [9.17, 15) is 9.59 Å². The predicted molar refractivity (Wildman–Crippen MR) is 104 cm³/mol. The normalized spacial score (nSPS) is 10.8. The molecule has 4 nitrogen and oxygen atoms in total. The quantitative estimate of drug-likeness (QED) is 0.359. The Hall–Kier alpha value is -2.83. The summed E-state index contributed by atoms with van der Waals surface area (Å²) >= 11 is 2.90. The number of para-hydroxylation sites is 1. The number of rotatable bonds is 5. The van der Waals surface area contributed by atoms with E-state index in [1.165, 1.54) is 11.3 Å². The van der Waals surface area contributed by atoms with Crippen LogP contribution in [0.25, 0.3) is 20.1 Å². The summed E-state index contributed by atoms with van der Waals surface area (Å²) in [4.78, 5) is 30.2. The third-order valence-electron chi connectivity index (χ3n) is 3.74. The van der Waals surface area contributed by atoms with Gasteiger partial charge in [-0.05, 0) is 24.3 Å². The molecule has 0 spiro atoms. The zero-order valence-electron chi connectivity index (χ0n) is 13.5. The van der Waals surface area contributed by atoms with E-state index in [1.807, 2.05) is 36.4 Å². The third kappa shape index (κ3) is 3.42. The number of ketones is 1. The van der Waals surface area contributed by atoms with E-state index >= 15 is 0 Å². The van der Waals surface area contributed by atoms with Crippen LogP contribution in [0.3, 0.4) is 0 Å². The van der Waals surface area contributed by atoms with Gasteiger partial charge in [0.05, 0.1) is 15.1 Å². The van der Waals surface area contributed by atoms with Crippen molar-refractivity contribution in [3.8, 4) is 9.88 Å². The van der Waals surface area contributed by atoms with Crippen molar-refractivity contribution in [1.29, 1.82) is 0 Å². The topological polar surface area (TPSA) is 56.3 Å². The number of esters is 1. The van der Waals surface area contributed by atoms with Crippen LogP contribution in [0.15, 0.2) is 66.7 Å². The van der Waals surface area contributed by atoms with Crippen molar-refractivity contribution in [1.82, 2.24) is 4.98 Å². The van der Waals surface area contributed by atoms with Gasteiger partial charge in [0.25, 0.3) is 0 Å². The molecule has 2 aromatic heterocycles. The minimum atomic E-state index is -0.494. The highest BCUT2D eigenvalue weighted by Crippen LogP contribution is 2.34. The molecular weight excluding hydrogens is 366 g/mol. The molecule has 4 rings (SSSR count). The van der Waals surface area contributed by atoms with E-state index in [0.717, 1.165) is 20.1 Å². The lowest BCUT2D eigenvalue weighted by molar-refractivity contribution is 0.0479. The standard InChI is InChI=1S/C20H13NO3S2/c22-15(13-6-2-1-3-7-13)12-24-20(23)18-11-10-17(25-18)19-21-14-8-4-5-9-16(14)26-19/h1-11H,12H2. The Labute approximate surface area is 157 Å². The van der Waals surface area contributed by atoms with E-state index in [-0.39, 0.29) is 12.4 Å². The highest BCUT2D eigenvalue weighted by atomic mass is 32.1. The zero-order chi connectivity index (χ0) is 17.9. The van der Waals surface area contributed by atoms with Gasteiger partial charge in [-0.2, -0.15) is 0 Å². The van der Waals surface area contributed by atoms with Crippen LogP contribution < -0.4 is 0 Å². The zero-order valence-corrected chi connectivity index (χ0v) is 15.2. The Bertz CT molecular complexity index is 1050. The van der Waals surface area contributed by atoms with Gasteiger partial charge in [0.1, 0.15) is 9.88 Å². The summed E-state index contributed by atoms with van der Waals surface area (Å²) in [7, 11) is 0. The summed E-state index contributed by atoms with van der Waals surface area (Å²) in [5, 5.41) is 0.871. The van der Waals surface area contributed by atoms with Crippen molar-refractivity contribution in [2.45, 2.75) is 0 Å². The maximum atomic E-state index is 12.2. The first-order valence-electron chi connectivity index (χ1n) is 7.92. The van der Waals surface area contributed by atoms with Gasteiger partial charge < -0.3 is 4.74 Å². The number of hydrogen-bond donors (Lipinski definition) is 0. The fraction of sp³-hybridized carbons (Fsp3) is 0.0500. The van der Waals surface area contributed by atoms with Crippen molar-refractivity contribution in [2.24, 2.45) is 0 Å². The molecule has 0 aliphatic heterocycles. The first-order chi connectivity index (χ1) is 12.7. The minimum absolute atomic E-state index is 0.220. The predicted octanol–water partition coefficient (Wildman–Crippen LogP) is 5.06. The number of Topliss-reactive ketones (excluding diaryl/α,β-unsaturated/α-hetero) is 1. The lowest BCUT2D eigenvalue weighted by Crippen LogP contribution is -2.13. The Morgan fingerprint density at radius 1 is 0.885 bits per heavy atom. The van der Waals surface area contributed by atoms with Crippen LogP contribution in [0, 0.1) is 0 Å². The minimum Gasteiger partial charge on any atom is -0.453 e. The van der Waals surface area contributed by atoms with Crippen LogP contribution in [0.4, 0.5) is 0 Å². The lowest BCUT2D eigenvalue weighted by atomic mass is 10.1. The first-order valence-corrected chi connectivity index (χ1v) is 9.55. The largest absolute Gasteiger partial charge is 0.453 e. The molecule has 2 heterocycles. The van der Waals surface area contributed by atoms with Gasteiger partial charge in [0, 0.05) is 5.56 Å². The van der Waals surface area contributed by atoms with Gasteiger partial charge in [-0.3, -0.25) is 4.79 Å². The third-order valence-corrected chi connectivity index (χ3v) is 6.01. The fourth-order valence-corrected chi connectivity index (χ4v) is 4.37. The molecule has 6 heteroatoms. The molecule has 0 saturated carbocycles. The summed E-state index contributed by atoms with van der Waals surface area (Å²) in [6.45, 7) is -0.267. The highest BCUT2D eigenvalue weighted by Gasteiger charge is 2.16. The van der Waals surface area contributed by atoms with Crippen LogP contribution >= 0.6 is 22.7 Å². The summed E-state index contributed by atoms with van der Waals surface area (Å²) in [5.74, 6) is -0.714. The van der Waals surface area contributed by atoms with Crippen LogP contribution in [0.5, 0.6) is 0 Å². The van der Waals surface area contributed by atoms with Crippen molar-refractivity contribution in [3.05, 3.63) is 77.2 Å². The number of carbonyl (C=O) groups is 2. The van der Waals surface area contributed by atoms with Gasteiger partial charge in [-0.1, -0.05) is 42.5 Å². The summed E-state index contributed by atoms with van der Waals surface area (Å²) in [6, 6.07) is 20.3. The highest BCUT2D eigenvalue weighted by molar-refractivity contribution is 7.26. The lowest BCUT2D eigenvalue weighted by Gasteiger charge is -2.02. The van der Waals surface area contributed by atoms with Gasteiger partial charge in [0.2, 0.25) is 0 Å². The number of benzene rings is 2. The molecule has 0 fully saturated rings. The second-order valence-electron chi connectivity index (χ2n) is 5.52. The molecule has 0 amide bonds. The number of fused-ring (bicyclic) bond motifs is 1. The monoisotopic (exact) mass is 379 g/mol. The average molecular weight is 379 g/mol. The van der Waals surface area contributed by atoms with E-state index < -0.39 is 5.97 Å². The van der Waals surface area contributed by atoms with Gasteiger partial charge in [0.15, 0.2) is 12.4 Å². The molecule has 0 N–H and O–H groups in total. The summed E-state index contributed by atoms with van der Waals surface area (Å²) in [6.07, 6.45) is 0. The van der Waals surface area contributed by atoms with Crippen LogP contribution in [0.1, 0.15) is 20.0 Å². The van der Waals surface area contributed by atoms with Gasteiger partial charge in [-0.15, -0.1) is 22.7 Å². The second kappa shape index (κ2) is 7.19. The molecule has 0 aliphatic rings. The first kappa shape index (κ1) is 16.6. The number of carbonyl (C=O) groups excluding carboxylic acids is 2. The molecule has 0 unspecified atom stereocenters. The molecule has 0 aliphatic carbocycles. The smallest absolute Gasteiger partial charge is 0.348 e. The summed E-state index contributed by atoms with van der Waals surface area (Å²) < 4.78 is 6.26. The Kier molecular flexibility index (Phi) is 4.60. The summed E-state index contributed by atoms with van der Waals surface area (Å²) in [5.41, 5.74) is 1.47. The molecule has 0 atom stereocenters. The van der Waals surface area contributed by atoms with E-state index in [0.29, 0.717) is 10.4 Å². The Morgan fingerprint density at radius 3 is 2.46 bits per heavy atom. The van der Waals surface area contributed by atoms with Crippen LogP contribution in [-0.4, -0.2) is 23.3 Å². The number of aromatic nitrogens is 1. The van der Waals surface area contributed by atoms with Crippen molar-refractivity contribution >= 4 is 44.6 Å². The van der Waals surface area contributed by atoms with E-state index in [4.69, 9.17) is 4.74 Å². The number of thiophene rings is 1. The molecule has 0 radical (unpaired) electrons. The van der Waals surface area contributed by atoms with Crippen molar-refractivity contribution < 1.29 is 14.3 Å². The molecule has 2 aromatic carbocycles. The molecule has 128 valence electrons. The Morgan fingerprint density at radius 2 is 1.65 bits per heavy atom. The maximum absolute atomic E-state index is 12.2.